The first-order valence-electron chi connectivity index (χ1n) is 11.2. The fraction of sp³-hybridized carbons (Fsp3) is 0.560. The van der Waals surface area contributed by atoms with Crippen molar-refractivity contribution in [2.24, 2.45) is 5.92 Å². The van der Waals surface area contributed by atoms with Crippen molar-refractivity contribution < 1.29 is 19.1 Å². The largest absolute Gasteiger partial charge is 0.444 e. The summed E-state index contributed by atoms with van der Waals surface area (Å²) in [4.78, 5) is 40.9. The Bertz CT molecular complexity index is 771. The topological polar surface area (TPSA) is 87.7 Å². The second-order valence-electron chi connectivity index (χ2n) is 9.27. The second kappa shape index (κ2) is 12.3. The molecule has 7 nitrogen and oxygen atoms in total. The molecule has 3 atom stereocenters. The van der Waals surface area contributed by atoms with Crippen molar-refractivity contribution in [3.05, 3.63) is 48.6 Å². The van der Waals surface area contributed by atoms with Gasteiger partial charge in [-0.05, 0) is 46.1 Å². The molecule has 0 radical (unpaired) electrons. The minimum atomic E-state index is -0.865. The number of carbonyl (C=O) groups excluding carboxylic acids is 3. The molecule has 0 spiro atoms. The number of carbonyl (C=O) groups is 3. The van der Waals surface area contributed by atoms with Gasteiger partial charge in [0.15, 0.2) is 0 Å². The quantitative estimate of drug-likeness (QED) is 0.528. The van der Waals surface area contributed by atoms with Gasteiger partial charge < -0.3 is 20.3 Å². The third-order valence-electron chi connectivity index (χ3n) is 4.87. The molecule has 1 rings (SSSR count). The lowest BCUT2D eigenvalue weighted by molar-refractivity contribution is -0.143. The van der Waals surface area contributed by atoms with E-state index in [-0.39, 0.29) is 30.3 Å². The summed E-state index contributed by atoms with van der Waals surface area (Å²) in [5.41, 5.74) is -0.0153. The van der Waals surface area contributed by atoms with Gasteiger partial charge in [-0.3, -0.25) is 9.59 Å². The number of rotatable bonds is 10. The van der Waals surface area contributed by atoms with Crippen LogP contribution in [0.4, 0.5) is 4.79 Å². The number of nitrogens with zero attached hydrogens (tertiary/aromatic N) is 1. The van der Waals surface area contributed by atoms with Crippen molar-refractivity contribution in [2.75, 3.05) is 6.54 Å². The molecule has 3 amide bonds. The number of hydrogen-bond donors (Lipinski definition) is 2. The minimum absolute atomic E-state index is 0.0975. The van der Waals surface area contributed by atoms with E-state index in [1.54, 1.807) is 26.8 Å². The van der Waals surface area contributed by atoms with Gasteiger partial charge >= 0.3 is 6.09 Å². The molecule has 7 heteroatoms. The SMILES string of the molecule is C=CCN(C(=O)C(NC(=O)OC(C)(C)C)C(C)CC)C(C(=O)NC(C)C)c1ccccc1. The van der Waals surface area contributed by atoms with E-state index in [9.17, 15) is 14.4 Å². The maximum Gasteiger partial charge on any atom is 0.408 e. The number of benzene rings is 1. The van der Waals surface area contributed by atoms with E-state index >= 15 is 0 Å². The molecule has 0 saturated heterocycles. The number of hydrogen-bond acceptors (Lipinski definition) is 4. The fourth-order valence-electron chi connectivity index (χ4n) is 3.23. The van der Waals surface area contributed by atoms with Gasteiger partial charge in [0.2, 0.25) is 11.8 Å². The minimum Gasteiger partial charge on any atom is -0.444 e. The van der Waals surface area contributed by atoms with E-state index < -0.39 is 23.8 Å². The first-order valence-corrected chi connectivity index (χ1v) is 11.2. The zero-order chi connectivity index (χ0) is 24.5. The van der Waals surface area contributed by atoms with Gasteiger partial charge in [0, 0.05) is 12.6 Å². The van der Waals surface area contributed by atoms with Gasteiger partial charge in [-0.1, -0.05) is 56.7 Å². The Morgan fingerprint density at radius 2 is 1.69 bits per heavy atom. The molecular formula is C25H39N3O4. The Morgan fingerprint density at radius 3 is 2.16 bits per heavy atom. The maximum absolute atomic E-state index is 13.8. The Balaban J connectivity index is 3.38. The molecule has 0 bridgehead atoms. The van der Waals surface area contributed by atoms with Crippen LogP contribution in [-0.2, 0) is 14.3 Å². The maximum atomic E-state index is 13.8. The van der Waals surface area contributed by atoms with Gasteiger partial charge in [0.05, 0.1) is 0 Å². The van der Waals surface area contributed by atoms with Crippen molar-refractivity contribution in [1.82, 2.24) is 15.5 Å². The van der Waals surface area contributed by atoms with Gasteiger partial charge in [0.25, 0.3) is 0 Å². The fourth-order valence-corrected chi connectivity index (χ4v) is 3.23. The van der Waals surface area contributed by atoms with Crippen LogP contribution in [0, 0.1) is 5.92 Å². The first kappa shape index (κ1) is 27.2. The predicted molar refractivity (Wildman–Crippen MR) is 127 cm³/mol. The summed E-state index contributed by atoms with van der Waals surface area (Å²) in [7, 11) is 0. The molecule has 178 valence electrons. The Kier molecular flexibility index (Phi) is 10.4. The summed E-state index contributed by atoms with van der Waals surface area (Å²) in [6, 6.07) is 7.32. The van der Waals surface area contributed by atoms with E-state index in [1.165, 1.54) is 4.90 Å². The molecule has 0 aliphatic carbocycles. The highest BCUT2D eigenvalue weighted by atomic mass is 16.6. The van der Waals surface area contributed by atoms with Crippen LogP contribution in [0.15, 0.2) is 43.0 Å². The van der Waals surface area contributed by atoms with E-state index in [4.69, 9.17) is 4.74 Å². The highest BCUT2D eigenvalue weighted by molar-refractivity contribution is 5.92. The van der Waals surface area contributed by atoms with Crippen LogP contribution in [0.3, 0.4) is 0 Å². The second-order valence-corrected chi connectivity index (χ2v) is 9.27. The molecule has 0 fully saturated rings. The number of ether oxygens (including phenoxy) is 1. The molecule has 2 N–H and O–H groups in total. The molecule has 0 aliphatic heterocycles. The van der Waals surface area contributed by atoms with Crippen molar-refractivity contribution in [3.8, 4) is 0 Å². The van der Waals surface area contributed by atoms with Crippen molar-refractivity contribution in [1.29, 1.82) is 0 Å². The van der Waals surface area contributed by atoms with Crippen LogP contribution in [0.1, 0.15) is 66.5 Å². The molecule has 0 heterocycles. The molecule has 1 aromatic rings. The lowest BCUT2D eigenvalue weighted by atomic mass is 9.95. The highest BCUT2D eigenvalue weighted by Crippen LogP contribution is 2.24. The summed E-state index contributed by atoms with van der Waals surface area (Å²) in [5, 5.41) is 5.64. The normalized spacial score (nSPS) is 14.1. The summed E-state index contributed by atoms with van der Waals surface area (Å²) in [5.74, 6) is -0.827. The zero-order valence-electron chi connectivity index (χ0n) is 20.5. The van der Waals surface area contributed by atoms with Gasteiger partial charge in [0.1, 0.15) is 17.7 Å². The zero-order valence-corrected chi connectivity index (χ0v) is 20.5. The summed E-state index contributed by atoms with van der Waals surface area (Å²) >= 11 is 0. The molecule has 0 aliphatic rings. The third kappa shape index (κ3) is 8.36. The first-order chi connectivity index (χ1) is 14.9. The van der Waals surface area contributed by atoms with Crippen molar-refractivity contribution >= 4 is 17.9 Å². The van der Waals surface area contributed by atoms with E-state index in [0.29, 0.717) is 12.0 Å². The van der Waals surface area contributed by atoms with E-state index in [2.05, 4.69) is 17.2 Å². The third-order valence-corrected chi connectivity index (χ3v) is 4.87. The van der Waals surface area contributed by atoms with Crippen molar-refractivity contribution in [2.45, 2.75) is 78.6 Å². The van der Waals surface area contributed by atoms with E-state index in [0.717, 1.165) is 0 Å². The average molecular weight is 446 g/mol. The summed E-state index contributed by atoms with van der Waals surface area (Å²) in [6.45, 7) is 16.8. The van der Waals surface area contributed by atoms with Gasteiger partial charge in [-0.25, -0.2) is 4.79 Å². The smallest absolute Gasteiger partial charge is 0.408 e. The standard InChI is InChI=1S/C25H39N3O4/c1-9-16-28(21(22(29)26-17(3)4)19-14-12-11-13-15-19)23(30)20(18(5)10-2)27-24(31)32-25(6,7)8/h9,11-15,17-18,20-21H,1,10,16H2,2-8H3,(H,26,29)(H,27,31). The van der Waals surface area contributed by atoms with E-state index in [1.807, 2.05) is 58.0 Å². The average Bonchev–Trinajstić information content (AvgIpc) is 2.69. The highest BCUT2D eigenvalue weighted by Gasteiger charge is 2.37. The lowest BCUT2D eigenvalue weighted by Crippen LogP contribution is -2.55. The number of alkyl carbamates (subject to hydrolysis) is 1. The van der Waals surface area contributed by atoms with Crippen LogP contribution < -0.4 is 10.6 Å². The molecule has 32 heavy (non-hydrogen) atoms. The summed E-state index contributed by atoms with van der Waals surface area (Å²) < 4.78 is 5.38. The Hall–Kier alpha value is -2.83. The van der Waals surface area contributed by atoms with Crippen LogP contribution in [0.5, 0.6) is 0 Å². The molecular weight excluding hydrogens is 406 g/mol. The van der Waals surface area contributed by atoms with Crippen molar-refractivity contribution in [3.63, 3.8) is 0 Å². The van der Waals surface area contributed by atoms with Gasteiger partial charge in [-0.15, -0.1) is 6.58 Å². The lowest BCUT2D eigenvalue weighted by Gasteiger charge is -2.35. The Morgan fingerprint density at radius 1 is 1.09 bits per heavy atom. The Labute approximate surface area is 192 Å². The number of nitrogens with one attached hydrogen (secondary N) is 2. The molecule has 1 aromatic carbocycles. The summed E-state index contributed by atoms with van der Waals surface area (Å²) in [6.07, 6.45) is 1.57. The van der Waals surface area contributed by atoms with Crippen LogP contribution >= 0.6 is 0 Å². The molecule has 3 unspecified atom stereocenters. The van der Waals surface area contributed by atoms with Crippen LogP contribution in [-0.4, -0.2) is 47.0 Å². The van der Waals surface area contributed by atoms with Gasteiger partial charge in [-0.2, -0.15) is 0 Å². The molecule has 0 aromatic heterocycles. The van der Waals surface area contributed by atoms with Crippen LogP contribution in [0.2, 0.25) is 0 Å². The molecule has 0 saturated carbocycles. The number of amides is 3. The van der Waals surface area contributed by atoms with Crippen LogP contribution in [0.25, 0.3) is 0 Å². The monoisotopic (exact) mass is 445 g/mol. The predicted octanol–water partition coefficient (Wildman–Crippen LogP) is 4.21.